The highest BCUT2D eigenvalue weighted by molar-refractivity contribution is 5.78. The second-order valence-electron chi connectivity index (χ2n) is 4.88. The number of hydrogen-bond donors (Lipinski definition) is 2. The maximum absolute atomic E-state index is 12.7. The first-order valence-electron chi connectivity index (χ1n) is 6.16. The van der Waals surface area contributed by atoms with Crippen LogP contribution >= 0.6 is 0 Å². The Balaban J connectivity index is 2.47. The molecule has 0 aliphatic carbocycles. The van der Waals surface area contributed by atoms with Crippen LogP contribution in [0.3, 0.4) is 0 Å². The van der Waals surface area contributed by atoms with Crippen LogP contribution in [-0.4, -0.2) is 23.7 Å². The van der Waals surface area contributed by atoms with Crippen molar-refractivity contribution >= 4 is 5.91 Å². The van der Waals surface area contributed by atoms with Gasteiger partial charge in [-0.25, -0.2) is 4.39 Å². The second-order valence-corrected chi connectivity index (χ2v) is 4.88. The highest BCUT2D eigenvalue weighted by Crippen LogP contribution is 2.06. The maximum Gasteiger partial charge on any atom is 0.224 e. The zero-order chi connectivity index (χ0) is 13.5. The van der Waals surface area contributed by atoms with Gasteiger partial charge in [0.1, 0.15) is 5.82 Å². The summed E-state index contributed by atoms with van der Waals surface area (Å²) < 4.78 is 12.7. The first-order chi connectivity index (χ1) is 8.51. The molecular weight excluding hydrogens is 233 g/mol. The third-order valence-corrected chi connectivity index (χ3v) is 2.62. The van der Waals surface area contributed by atoms with Gasteiger partial charge in [0.2, 0.25) is 5.91 Å². The Morgan fingerprint density at radius 1 is 1.33 bits per heavy atom. The highest BCUT2D eigenvalue weighted by Gasteiger charge is 2.13. The predicted molar refractivity (Wildman–Crippen MR) is 68.6 cm³/mol. The van der Waals surface area contributed by atoms with Gasteiger partial charge in [-0.15, -0.1) is 0 Å². The molecule has 2 N–H and O–H groups in total. The van der Waals surface area contributed by atoms with Crippen molar-refractivity contribution in [3.05, 3.63) is 35.6 Å². The first kappa shape index (κ1) is 14.6. The van der Waals surface area contributed by atoms with E-state index in [1.807, 2.05) is 13.8 Å². The standard InChI is InChI=1S/C14H20FNO2/c1-10(2)7-13(9-17)16-14(18)8-11-3-5-12(15)6-4-11/h3-6,10,13,17H,7-9H2,1-2H3,(H,16,18). The molecule has 0 radical (unpaired) electrons. The Hall–Kier alpha value is -1.42. The average Bonchev–Trinajstić information content (AvgIpc) is 2.30. The molecule has 0 heterocycles. The predicted octanol–water partition coefficient (Wildman–Crippen LogP) is 1.89. The van der Waals surface area contributed by atoms with Crippen molar-refractivity contribution in [2.24, 2.45) is 5.92 Å². The van der Waals surface area contributed by atoms with Crippen LogP contribution in [0, 0.1) is 11.7 Å². The minimum atomic E-state index is -0.313. The average molecular weight is 253 g/mol. The Labute approximate surface area is 107 Å². The van der Waals surface area contributed by atoms with Crippen LogP contribution < -0.4 is 5.32 Å². The van der Waals surface area contributed by atoms with Crippen LogP contribution in [0.15, 0.2) is 24.3 Å². The van der Waals surface area contributed by atoms with E-state index in [4.69, 9.17) is 5.11 Å². The lowest BCUT2D eigenvalue weighted by atomic mass is 10.0. The molecule has 1 atom stereocenters. The lowest BCUT2D eigenvalue weighted by Crippen LogP contribution is -2.39. The molecule has 1 aromatic carbocycles. The molecule has 100 valence electrons. The molecule has 3 nitrogen and oxygen atoms in total. The van der Waals surface area contributed by atoms with Crippen molar-refractivity contribution < 1.29 is 14.3 Å². The molecule has 1 rings (SSSR count). The molecule has 1 amide bonds. The van der Waals surface area contributed by atoms with E-state index in [0.29, 0.717) is 5.92 Å². The van der Waals surface area contributed by atoms with Crippen molar-refractivity contribution in [3.8, 4) is 0 Å². The molecule has 4 heteroatoms. The summed E-state index contributed by atoms with van der Waals surface area (Å²) in [6, 6.07) is 5.63. The van der Waals surface area contributed by atoms with Crippen molar-refractivity contribution in [2.75, 3.05) is 6.61 Å². The van der Waals surface area contributed by atoms with Crippen LogP contribution in [0.4, 0.5) is 4.39 Å². The smallest absolute Gasteiger partial charge is 0.224 e. The molecule has 1 unspecified atom stereocenters. The van der Waals surface area contributed by atoms with Crippen molar-refractivity contribution in [2.45, 2.75) is 32.7 Å². The number of aliphatic hydroxyl groups is 1. The molecule has 0 saturated carbocycles. The summed E-state index contributed by atoms with van der Waals surface area (Å²) in [5.74, 6) is -0.0539. The van der Waals surface area contributed by atoms with Gasteiger partial charge in [0, 0.05) is 0 Å². The minimum absolute atomic E-state index is 0.0622. The second kappa shape index (κ2) is 7.11. The Morgan fingerprint density at radius 3 is 2.44 bits per heavy atom. The Kier molecular flexibility index (Phi) is 5.78. The first-order valence-corrected chi connectivity index (χ1v) is 6.16. The van der Waals surface area contributed by atoms with Gasteiger partial charge in [-0.2, -0.15) is 0 Å². The SMILES string of the molecule is CC(C)CC(CO)NC(=O)Cc1ccc(F)cc1. The van der Waals surface area contributed by atoms with E-state index in [-0.39, 0.29) is 30.8 Å². The Bertz CT molecular complexity index is 376. The number of rotatable bonds is 6. The number of carbonyl (C=O) groups excluding carboxylic acids is 1. The monoisotopic (exact) mass is 253 g/mol. The van der Waals surface area contributed by atoms with Crippen molar-refractivity contribution in [1.29, 1.82) is 0 Å². The summed E-state index contributed by atoms with van der Waals surface area (Å²) in [4.78, 5) is 11.7. The van der Waals surface area contributed by atoms with Crippen LogP contribution in [0.5, 0.6) is 0 Å². The molecule has 0 spiro atoms. The van der Waals surface area contributed by atoms with Gasteiger partial charge in [0.25, 0.3) is 0 Å². The number of hydrogen-bond acceptors (Lipinski definition) is 2. The number of nitrogens with one attached hydrogen (secondary N) is 1. The zero-order valence-electron chi connectivity index (χ0n) is 10.8. The molecule has 0 aliphatic heterocycles. The fourth-order valence-electron chi connectivity index (χ4n) is 1.81. The van der Waals surface area contributed by atoms with Crippen LogP contribution in [0.2, 0.25) is 0 Å². The van der Waals surface area contributed by atoms with Crippen LogP contribution in [0.25, 0.3) is 0 Å². The van der Waals surface area contributed by atoms with Gasteiger partial charge < -0.3 is 10.4 Å². The lowest BCUT2D eigenvalue weighted by molar-refractivity contribution is -0.121. The number of halogens is 1. The van der Waals surface area contributed by atoms with E-state index in [9.17, 15) is 9.18 Å². The zero-order valence-corrected chi connectivity index (χ0v) is 10.8. The summed E-state index contributed by atoms with van der Waals surface area (Å²) in [7, 11) is 0. The third kappa shape index (κ3) is 5.27. The molecule has 0 bridgehead atoms. The molecule has 1 aromatic rings. The van der Waals surface area contributed by atoms with Gasteiger partial charge in [-0.05, 0) is 30.0 Å². The fourth-order valence-corrected chi connectivity index (χ4v) is 1.81. The maximum atomic E-state index is 12.7. The van der Waals surface area contributed by atoms with Crippen LogP contribution in [-0.2, 0) is 11.2 Å². The normalized spacial score (nSPS) is 12.5. The number of benzene rings is 1. The summed E-state index contributed by atoms with van der Waals surface area (Å²) in [6.45, 7) is 4.01. The van der Waals surface area contributed by atoms with E-state index >= 15 is 0 Å². The quantitative estimate of drug-likeness (QED) is 0.813. The van der Waals surface area contributed by atoms with Gasteiger partial charge in [0.15, 0.2) is 0 Å². The number of amides is 1. The lowest BCUT2D eigenvalue weighted by Gasteiger charge is -2.18. The molecule has 0 aliphatic rings. The van der Waals surface area contributed by atoms with Gasteiger partial charge in [-0.1, -0.05) is 26.0 Å². The van der Waals surface area contributed by atoms with Gasteiger partial charge >= 0.3 is 0 Å². The number of carbonyl (C=O) groups is 1. The minimum Gasteiger partial charge on any atom is -0.394 e. The molecule has 0 saturated heterocycles. The molecular formula is C14H20FNO2. The largest absolute Gasteiger partial charge is 0.394 e. The topological polar surface area (TPSA) is 49.3 Å². The van der Waals surface area contributed by atoms with Crippen molar-refractivity contribution in [3.63, 3.8) is 0 Å². The summed E-state index contributed by atoms with van der Waals surface area (Å²) in [5, 5.41) is 11.9. The molecule has 0 aromatic heterocycles. The summed E-state index contributed by atoms with van der Waals surface area (Å²) in [6.07, 6.45) is 0.945. The van der Waals surface area contributed by atoms with E-state index in [1.54, 1.807) is 12.1 Å². The van der Waals surface area contributed by atoms with E-state index in [2.05, 4.69) is 5.32 Å². The van der Waals surface area contributed by atoms with E-state index < -0.39 is 0 Å². The Morgan fingerprint density at radius 2 is 1.94 bits per heavy atom. The van der Waals surface area contributed by atoms with Gasteiger partial charge in [-0.3, -0.25) is 4.79 Å². The molecule has 0 fully saturated rings. The van der Waals surface area contributed by atoms with Gasteiger partial charge in [0.05, 0.1) is 19.1 Å². The third-order valence-electron chi connectivity index (χ3n) is 2.62. The van der Waals surface area contributed by atoms with Crippen LogP contribution in [0.1, 0.15) is 25.8 Å². The van der Waals surface area contributed by atoms with Crippen molar-refractivity contribution in [1.82, 2.24) is 5.32 Å². The number of aliphatic hydroxyl groups excluding tert-OH is 1. The fraction of sp³-hybridized carbons (Fsp3) is 0.500. The van der Waals surface area contributed by atoms with E-state index in [0.717, 1.165) is 12.0 Å². The summed E-state index contributed by atoms with van der Waals surface area (Å²) >= 11 is 0. The molecule has 18 heavy (non-hydrogen) atoms. The van der Waals surface area contributed by atoms with E-state index in [1.165, 1.54) is 12.1 Å². The summed E-state index contributed by atoms with van der Waals surface area (Å²) in [5.41, 5.74) is 0.759. The highest BCUT2D eigenvalue weighted by atomic mass is 19.1.